The van der Waals surface area contributed by atoms with Gasteiger partial charge in [0.1, 0.15) is 0 Å². The number of carbonyl (C=O) groups excluding carboxylic acids is 1. The number of amides is 1. The number of hydrogen-bond donors (Lipinski definition) is 3. The van der Waals surface area contributed by atoms with Gasteiger partial charge in [-0.2, -0.15) is 13.2 Å². The van der Waals surface area contributed by atoms with Gasteiger partial charge in [-0.25, -0.2) is 0 Å². The topological polar surface area (TPSA) is 87.7 Å². The van der Waals surface area contributed by atoms with E-state index in [0.29, 0.717) is 0 Å². The number of alkyl halides is 3. The van der Waals surface area contributed by atoms with Gasteiger partial charge in [-0.3, -0.25) is 4.79 Å². The second-order valence-corrected chi connectivity index (χ2v) is 4.89. The van der Waals surface area contributed by atoms with E-state index in [0.717, 1.165) is 37.1 Å². The predicted molar refractivity (Wildman–Crippen MR) is 68.8 cm³/mol. The van der Waals surface area contributed by atoms with Crippen molar-refractivity contribution in [2.75, 3.05) is 0 Å². The summed E-state index contributed by atoms with van der Waals surface area (Å²) >= 11 is 0. The summed E-state index contributed by atoms with van der Waals surface area (Å²) in [5, 5.41) is 14.1. The monoisotopic (exact) mass is 301 g/mol. The van der Waals surface area contributed by atoms with Gasteiger partial charge in [0.05, 0.1) is 11.6 Å². The molecule has 1 amide bonds. The van der Waals surface area contributed by atoms with Crippen LogP contribution in [0.4, 0.5) is 13.2 Å². The van der Waals surface area contributed by atoms with Crippen LogP contribution in [0, 0.1) is 5.92 Å². The highest BCUT2D eigenvalue weighted by molar-refractivity contribution is 5.98. The molecule has 1 saturated carbocycles. The lowest BCUT2D eigenvalue weighted by Gasteiger charge is -2.16. The van der Waals surface area contributed by atoms with Crippen molar-refractivity contribution >= 4 is 11.7 Å². The molecule has 1 unspecified atom stereocenters. The van der Waals surface area contributed by atoms with Gasteiger partial charge in [-0.05, 0) is 43.0 Å². The molecule has 0 radical (unpaired) electrons. The Hall–Kier alpha value is -2.25. The fourth-order valence-electron chi connectivity index (χ4n) is 1.96. The lowest BCUT2D eigenvalue weighted by molar-refractivity contribution is -0.137. The highest BCUT2D eigenvalue weighted by atomic mass is 19.4. The van der Waals surface area contributed by atoms with E-state index in [1.54, 1.807) is 0 Å². The van der Waals surface area contributed by atoms with E-state index in [9.17, 15) is 18.0 Å². The van der Waals surface area contributed by atoms with Gasteiger partial charge in [-0.15, -0.1) is 0 Å². The third-order valence-corrected chi connectivity index (χ3v) is 3.29. The van der Waals surface area contributed by atoms with Crippen molar-refractivity contribution in [3.63, 3.8) is 0 Å². The summed E-state index contributed by atoms with van der Waals surface area (Å²) in [6.07, 6.45) is -2.76. The Labute approximate surface area is 118 Å². The molecule has 0 spiro atoms. The van der Waals surface area contributed by atoms with E-state index in [4.69, 9.17) is 10.9 Å². The predicted octanol–water partition coefficient (Wildman–Crippen LogP) is 1.96. The first-order chi connectivity index (χ1) is 9.82. The molecule has 0 saturated heterocycles. The fourth-order valence-corrected chi connectivity index (χ4v) is 1.96. The Morgan fingerprint density at radius 2 is 1.90 bits per heavy atom. The third kappa shape index (κ3) is 3.65. The molecular weight excluding hydrogens is 287 g/mol. The number of benzene rings is 1. The smallest absolute Gasteiger partial charge is 0.409 e. The molecule has 1 fully saturated rings. The molecule has 0 aliphatic heterocycles. The number of nitrogens with two attached hydrogens (primary N) is 1. The Balaban J connectivity index is 2.09. The molecule has 0 aromatic heterocycles. The van der Waals surface area contributed by atoms with E-state index < -0.39 is 23.7 Å². The van der Waals surface area contributed by atoms with Crippen LogP contribution >= 0.6 is 0 Å². The first-order valence-corrected chi connectivity index (χ1v) is 6.28. The number of hydrogen-bond acceptors (Lipinski definition) is 3. The molecule has 8 heteroatoms. The van der Waals surface area contributed by atoms with Crippen LogP contribution in [0.5, 0.6) is 0 Å². The summed E-state index contributed by atoms with van der Waals surface area (Å²) in [5.74, 6) is -0.579. The summed E-state index contributed by atoms with van der Waals surface area (Å²) in [6, 6.07) is 3.25. The molecule has 114 valence electrons. The summed E-state index contributed by atoms with van der Waals surface area (Å²) in [5.41, 5.74) is 4.76. The van der Waals surface area contributed by atoms with Crippen molar-refractivity contribution in [1.29, 1.82) is 0 Å². The average Bonchev–Trinajstić information content (AvgIpc) is 3.27. The maximum Gasteiger partial charge on any atom is 0.416 e. The molecule has 2 rings (SSSR count). The SMILES string of the molecule is NC(=NO)C(NC(=O)c1ccc(C(F)(F)F)cc1)C1CC1. The zero-order valence-corrected chi connectivity index (χ0v) is 10.9. The molecule has 21 heavy (non-hydrogen) atoms. The Kier molecular flexibility index (Phi) is 4.06. The first kappa shape index (κ1) is 15.1. The number of carbonyl (C=O) groups is 1. The summed E-state index contributed by atoms with van der Waals surface area (Å²) < 4.78 is 37.3. The Bertz CT molecular complexity index is 551. The van der Waals surface area contributed by atoms with Gasteiger partial charge in [0, 0.05) is 5.56 Å². The van der Waals surface area contributed by atoms with Gasteiger partial charge < -0.3 is 16.3 Å². The van der Waals surface area contributed by atoms with Crippen LogP contribution in [0.1, 0.15) is 28.8 Å². The zero-order valence-electron chi connectivity index (χ0n) is 10.9. The van der Waals surface area contributed by atoms with Crippen molar-refractivity contribution in [2.24, 2.45) is 16.8 Å². The molecule has 1 aromatic rings. The van der Waals surface area contributed by atoms with Gasteiger partial charge in [0.25, 0.3) is 5.91 Å². The number of nitrogens with zero attached hydrogens (tertiary/aromatic N) is 1. The second kappa shape index (κ2) is 5.63. The van der Waals surface area contributed by atoms with Gasteiger partial charge in [-0.1, -0.05) is 5.16 Å². The van der Waals surface area contributed by atoms with Gasteiger partial charge >= 0.3 is 6.18 Å². The minimum atomic E-state index is -4.44. The maximum absolute atomic E-state index is 12.4. The van der Waals surface area contributed by atoms with Crippen molar-refractivity contribution < 1.29 is 23.2 Å². The van der Waals surface area contributed by atoms with E-state index >= 15 is 0 Å². The lowest BCUT2D eigenvalue weighted by Crippen LogP contribution is -2.46. The Morgan fingerprint density at radius 1 is 1.33 bits per heavy atom. The molecule has 1 aromatic carbocycles. The molecular formula is C13H14F3N3O2. The zero-order chi connectivity index (χ0) is 15.6. The highest BCUT2D eigenvalue weighted by Crippen LogP contribution is 2.33. The van der Waals surface area contributed by atoms with Crippen molar-refractivity contribution in [3.8, 4) is 0 Å². The molecule has 4 N–H and O–H groups in total. The molecule has 5 nitrogen and oxygen atoms in total. The number of halogens is 3. The van der Waals surface area contributed by atoms with Crippen LogP contribution in [0.2, 0.25) is 0 Å². The van der Waals surface area contributed by atoms with Gasteiger partial charge in [0.2, 0.25) is 0 Å². The first-order valence-electron chi connectivity index (χ1n) is 6.28. The van der Waals surface area contributed by atoms with E-state index in [-0.39, 0.29) is 17.3 Å². The minimum absolute atomic E-state index is 0.0828. The molecule has 1 aliphatic carbocycles. The van der Waals surface area contributed by atoms with E-state index in [1.807, 2.05) is 0 Å². The molecule has 0 bridgehead atoms. The van der Waals surface area contributed by atoms with Crippen molar-refractivity contribution in [2.45, 2.75) is 25.1 Å². The second-order valence-electron chi connectivity index (χ2n) is 4.89. The molecule has 1 aliphatic rings. The standard InChI is InChI=1S/C13H14F3N3O2/c14-13(15,16)9-5-3-8(4-6-9)12(20)18-10(7-1-2-7)11(17)19-21/h3-7,10,21H,1-2H2,(H2,17,19)(H,18,20). The fraction of sp³-hybridized carbons (Fsp3) is 0.385. The number of rotatable bonds is 4. The van der Waals surface area contributed by atoms with Crippen LogP contribution in [0.25, 0.3) is 0 Å². The van der Waals surface area contributed by atoms with E-state index in [1.165, 1.54) is 0 Å². The number of nitrogens with one attached hydrogen (secondary N) is 1. The maximum atomic E-state index is 12.4. The molecule has 0 heterocycles. The molecule has 1 atom stereocenters. The summed E-state index contributed by atoms with van der Waals surface area (Å²) in [7, 11) is 0. The minimum Gasteiger partial charge on any atom is -0.409 e. The largest absolute Gasteiger partial charge is 0.416 e. The van der Waals surface area contributed by atoms with Crippen LogP contribution in [0.15, 0.2) is 29.4 Å². The van der Waals surface area contributed by atoms with Crippen LogP contribution < -0.4 is 11.1 Å². The van der Waals surface area contributed by atoms with Crippen LogP contribution in [0.3, 0.4) is 0 Å². The highest BCUT2D eigenvalue weighted by Gasteiger charge is 2.35. The van der Waals surface area contributed by atoms with Gasteiger partial charge in [0.15, 0.2) is 5.84 Å². The summed E-state index contributed by atoms with van der Waals surface area (Å²) in [6.45, 7) is 0. The number of amidine groups is 1. The number of oxime groups is 1. The van der Waals surface area contributed by atoms with E-state index in [2.05, 4.69) is 10.5 Å². The summed E-state index contributed by atoms with van der Waals surface area (Å²) in [4.78, 5) is 12.0. The van der Waals surface area contributed by atoms with Crippen molar-refractivity contribution in [1.82, 2.24) is 5.32 Å². The average molecular weight is 301 g/mol. The van der Waals surface area contributed by atoms with Crippen molar-refractivity contribution in [3.05, 3.63) is 35.4 Å². The van der Waals surface area contributed by atoms with Crippen LogP contribution in [-0.4, -0.2) is 23.0 Å². The lowest BCUT2D eigenvalue weighted by atomic mass is 10.1. The van der Waals surface area contributed by atoms with Crippen LogP contribution in [-0.2, 0) is 6.18 Å². The Morgan fingerprint density at radius 3 is 2.33 bits per heavy atom. The quantitative estimate of drug-likeness (QED) is 0.344. The third-order valence-electron chi connectivity index (χ3n) is 3.29. The normalized spacial score (nSPS) is 17.4.